The van der Waals surface area contributed by atoms with E-state index in [0.29, 0.717) is 33.6 Å². The second-order valence-corrected chi connectivity index (χ2v) is 13.2. The number of benzene rings is 4. The van der Waals surface area contributed by atoms with Gasteiger partial charge in [0.2, 0.25) is 12.7 Å². The Morgan fingerprint density at radius 3 is 1.46 bits per heavy atom. The average molecular weight is 618 g/mol. The molecule has 0 bridgehead atoms. The largest absolute Gasteiger partial charge is 0.457 e. The van der Waals surface area contributed by atoms with Crippen LogP contribution >= 0.6 is 7.14 Å². The molecule has 0 spiro atoms. The first kappa shape index (κ1) is 27.6. The summed E-state index contributed by atoms with van der Waals surface area (Å²) >= 11 is 0. The molecule has 7 aromatic rings. The van der Waals surface area contributed by atoms with E-state index in [1.807, 2.05) is 121 Å². The Hall–Kier alpha value is -5.98. The number of fused-ring (bicyclic) bond motifs is 3. The van der Waals surface area contributed by atoms with Crippen molar-refractivity contribution in [2.45, 2.75) is 0 Å². The van der Waals surface area contributed by atoms with Crippen molar-refractivity contribution in [3.63, 3.8) is 0 Å². The van der Waals surface area contributed by atoms with E-state index in [2.05, 4.69) is 24.9 Å². The van der Waals surface area contributed by atoms with Crippen molar-refractivity contribution < 1.29 is 14.0 Å². The minimum atomic E-state index is -3.52. The van der Waals surface area contributed by atoms with E-state index >= 15 is 4.57 Å². The zero-order chi connectivity index (χ0) is 30.9. The Morgan fingerprint density at radius 1 is 0.478 bits per heavy atom. The second kappa shape index (κ2) is 11.5. The molecule has 4 heterocycles. The smallest absolute Gasteiger partial charge is 0.208 e. The third-order valence-electron chi connectivity index (χ3n) is 7.73. The molecule has 8 nitrogen and oxygen atoms in total. The summed E-state index contributed by atoms with van der Waals surface area (Å²) in [5.74, 6) is 2.36. The molecule has 220 valence electrons. The van der Waals surface area contributed by atoms with Gasteiger partial charge < -0.3 is 14.0 Å². The lowest BCUT2D eigenvalue weighted by Gasteiger charge is -2.15. The summed E-state index contributed by atoms with van der Waals surface area (Å²) in [5, 5.41) is 1.20. The lowest BCUT2D eigenvalue weighted by Crippen LogP contribution is -2.26. The third-order valence-corrected chi connectivity index (χ3v) is 10.6. The molecular weight excluding hydrogens is 593 g/mol. The molecule has 46 heavy (non-hydrogen) atoms. The Labute approximate surface area is 264 Å². The van der Waals surface area contributed by atoms with Crippen molar-refractivity contribution in [2.24, 2.45) is 0 Å². The Balaban J connectivity index is 1.16. The van der Waals surface area contributed by atoms with Gasteiger partial charge in [-0.05, 0) is 96.1 Å². The average Bonchev–Trinajstić information content (AvgIpc) is 3.37. The molecule has 0 N–H and O–H groups in total. The number of rotatable bonds is 7. The predicted octanol–water partition coefficient (Wildman–Crippen LogP) is 7.20. The zero-order valence-electron chi connectivity index (χ0n) is 24.3. The predicted molar refractivity (Wildman–Crippen MR) is 178 cm³/mol. The Morgan fingerprint density at radius 2 is 0.978 bits per heavy atom. The maximum atomic E-state index is 15.3. The molecule has 0 saturated carbocycles. The molecule has 8 rings (SSSR count). The van der Waals surface area contributed by atoms with Crippen LogP contribution in [0.2, 0.25) is 0 Å². The fourth-order valence-corrected chi connectivity index (χ4v) is 8.45. The first-order chi connectivity index (χ1) is 22.6. The Bertz CT molecular complexity index is 2110. The van der Waals surface area contributed by atoms with E-state index in [-0.39, 0.29) is 5.57 Å². The van der Waals surface area contributed by atoms with Crippen molar-refractivity contribution in [2.75, 3.05) is 0 Å². The molecule has 1 aliphatic heterocycles. The van der Waals surface area contributed by atoms with Crippen molar-refractivity contribution in [3.05, 3.63) is 146 Å². The van der Waals surface area contributed by atoms with Gasteiger partial charge in [-0.1, -0.05) is 36.4 Å². The normalized spacial score (nSPS) is 12.6. The van der Waals surface area contributed by atoms with Crippen LogP contribution in [-0.2, 0) is 4.57 Å². The molecule has 0 saturated heterocycles. The van der Waals surface area contributed by atoms with Gasteiger partial charge in [-0.2, -0.15) is 0 Å². The molecular formula is C37H24N5O3P. The molecule has 0 fully saturated rings. The van der Waals surface area contributed by atoms with Gasteiger partial charge in [-0.3, -0.25) is 9.97 Å². The highest BCUT2D eigenvalue weighted by atomic mass is 31.2. The summed E-state index contributed by atoms with van der Waals surface area (Å²) < 4.78 is 27.9. The highest BCUT2D eigenvalue weighted by Crippen LogP contribution is 2.53. The topological polar surface area (TPSA) is 100.0 Å². The Kier molecular flexibility index (Phi) is 6.89. The summed E-state index contributed by atoms with van der Waals surface area (Å²) in [5.41, 5.74) is 5.41. The summed E-state index contributed by atoms with van der Waals surface area (Å²) in [6.07, 6.45) is 6.25. The molecule has 3 aromatic heterocycles. The van der Waals surface area contributed by atoms with Crippen LogP contribution in [0.1, 0.15) is 0 Å². The highest BCUT2D eigenvalue weighted by Gasteiger charge is 2.43. The van der Waals surface area contributed by atoms with E-state index in [0.717, 1.165) is 33.6 Å². The first-order valence-electron chi connectivity index (χ1n) is 14.6. The van der Waals surface area contributed by atoms with Gasteiger partial charge in [-0.25, -0.2) is 15.0 Å². The van der Waals surface area contributed by atoms with Crippen molar-refractivity contribution in [1.82, 2.24) is 24.9 Å². The highest BCUT2D eigenvalue weighted by molar-refractivity contribution is 7.86. The van der Waals surface area contributed by atoms with E-state index in [4.69, 9.17) is 9.47 Å². The fourth-order valence-electron chi connectivity index (χ4n) is 5.64. The lowest BCUT2D eigenvalue weighted by molar-refractivity contribution is 0.483. The molecule has 0 amide bonds. The van der Waals surface area contributed by atoms with Crippen LogP contribution in [-0.4, -0.2) is 24.9 Å². The molecule has 0 aliphatic carbocycles. The van der Waals surface area contributed by atoms with Gasteiger partial charge in [0.1, 0.15) is 35.7 Å². The minimum Gasteiger partial charge on any atom is -0.457 e. The van der Waals surface area contributed by atoms with E-state index in [9.17, 15) is 0 Å². The van der Waals surface area contributed by atoms with Crippen molar-refractivity contribution >= 4 is 23.3 Å². The fraction of sp³-hybridized carbons (Fsp3) is 0. The third kappa shape index (κ3) is 5.01. The van der Waals surface area contributed by atoms with Gasteiger partial charge in [0.25, 0.3) is 0 Å². The summed E-state index contributed by atoms with van der Waals surface area (Å²) in [7, 11) is -3.52. The first-order valence-corrected chi connectivity index (χ1v) is 16.3. The number of aromatic nitrogens is 5. The van der Waals surface area contributed by atoms with Gasteiger partial charge >= 0.3 is 0 Å². The number of pyridine rings is 2. The molecule has 9 heteroatoms. The van der Waals surface area contributed by atoms with Crippen LogP contribution in [0.3, 0.4) is 0 Å². The maximum Gasteiger partial charge on any atom is 0.208 e. The van der Waals surface area contributed by atoms with Crippen LogP contribution in [0.5, 0.6) is 23.0 Å². The van der Waals surface area contributed by atoms with Gasteiger partial charge in [-0.15, -0.1) is 0 Å². The number of nitrogens with zero attached hydrogens (tertiary/aromatic N) is 5. The molecule has 1 aliphatic rings. The molecule has 0 radical (unpaired) electrons. The lowest BCUT2D eigenvalue weighted by atomic mass is 10.1. The minimum absolute atomic E-state index is 0.200. The van der Waals surface area contributed by atoms with E-state index < -0.39 is 7.14 Å². The number of hydrogen-bond donors (Lipinski definition) is 0. The van der Waals surface area contributed by atoms with Crippen molar-refractivity contribution in [3.8, 4) is 56.6 Å². The van der Waals surface area contributed by atoms with Crippen LogP contribution < -0.4 is 25.6 Å². The van der Waals surface area contributed by atoms with Crippen molar-refractivity contribution in [1.29, 1.82) is 0 Å². The van der Waals surface area contributed by atoms with Gasteiger partial charge in [0, 0.05) is 34.1 Å². The van der Waals surface area contributed by atoms with E-state index in [1.165, 1.54) is 12.7 Å². The summed E-state index contributed by atoms with van der Waals surface area (Å²) in [4.78, 5) is 21.6. The van der Waals surface area contributed by atoms with Crippen LogP contribution in [0.4, 0.5) is 0 Å². The molecule has 4 aromatic carbocycles. The van der Waals surface area contributed by atoms with Gasteiger partial charge in [0.05, 0.1) is 11.4 Å². The zero-order valence-corrected chi connectivity index (χ0v) is 25.2. The molecule has 0 unspecified atom stereocenters. The van der Waals surface area contributed by atoms with Gasteiger partial charge in [0.15, 0.2) is 0 Å². The maximum absolute atomic E-state index is 15.3. The number of hydrogen-bond acceptors (Lipinski definition) is 8. The monoisotopic (exact) mass is 617 g/mol. The van der Waals surface area contributed by atoms with Crippen LogP contribution in [0.25, 0.3) is 33.6 Å². The quantitative estimate of drug-likeness (QED) is 0.173. The second-order valence-electron chi connectivity index (χ2n) is 10.6. The SMILES string of the molecule is O=P1(c2ncncn2)c2cc(Oc3cccc(-c4ccccn4)c3)ccc2-c2ccc(Oc3cccc(-c4ccccn4)c3)cc21. The van der Waals surface area contributed by atoms with E-state index in [1.54, 1.807) is 12.4 Å². The van der Waals surface area contributed by atoms with Crippen LogP contribution in [0, 0.1) is 0 Å². The standard InChI is InChI=1S/C37H24N5O3P/c43-46(37-41-23-38-24-42-37)35-21-29(44-27-9-5-7-25(19-27)33-11-1-3-17-39-33)13-15-31(35)32-16-14-30(22-36(32)46)45-28-10-6-8-26(20-28)34-12-2-4-18-40-34/h1-24H. The number of ether oxygens (including phenoxy) is 2. The summed E-state index contributed by atoms with van der Waals surface area (Å²) in [6, 6.07) is 38.3. The summed E-state index contributed by atoms with van der Waals surface area (Å²) in [6.45, 7) is 0. The molecule has 0 atom stereocenters. The van der Waals surface area contributed by atoms with Crippen LogP contribution in [0.15, 0.2) is 146 Å².